The lowest BCUT2D eigenvalue weighted by Crippen LogP contribution is -2.34. The van der Waals surface area contributed by atoms with Gasteiger partial charge in [0.1, 0.15) is 0 Å². The van der Waals surface area contributed by atoms with Crippen LogP contribution in [0.1, 0.15) is 33.6 Å². The quantitative estimate of drug-likeness (QED) is 0.608. The number of likely N-dealkylation sites (N-methyl/N-ethyl adjacent to an activating group) is 1. The van der Waals surface area contributed by atoms with Crippen LogP contribution in [0.15, 0.2) is 0 Å². The van der Waals surface area contributed by atoms with Gasteiger partial charge in [0.2, 0.25) is 0 Å². The van der Waals surface area contributed by atoms with Crippen molar-refractivity contribution in [1.82, 2.24) is 5.32 Å². The van der Waals surface area contributed by atoms with Crippen LogP contribution in [-0.4, -0.2) is 25.3 Å². The molecule has 0 aliphatic carbocycles. The third-order valence-electron chi connectivity index (χ3n) is 1.76. The molecule has 0 spiro atoms. The van der Waals surface area contributed by atoms with Crippen molar-refractivity contribution in [2.75, 3.05) is 13.2 Å². The molecule has 1 atom stereocenters. The molecule has 0 amide bonds. The van der Waals surface area contributed by atoms with E-state index in [1.165, 1.54) is 0 Å². The van der Waals surface area contributed by atoms with Crippen LogP contribution in [0.3, 0.4) is 0 Å². The minimum absolute atomic E-state index is 0.298. The number of terminal acetylenes is 1. The predicted molar refractivity (Wildman–Crippen MR) is 56.6 cm³/mol. The summed E-state index contributed by atoms with van der Waals surface area (Å²) in [5, 5.41) is 3.35. The van der Waals surface area contributed by atoms with E-state index in [0.29, 0.717) is 12.1 Å². The second-order valence-electron chi connectivity index (χ2n) is 3.38. The third-order valence-corrected chi connectivity index (χ3v) is 1.76. The van der Waals surface area contributed by atoms with Crippen LogP contribution in [0.5, 0.6) is 0 Å². The number of hydrogen-bond acceptors (Lipinski definition) is 2. The second-order valence-corrected chi connectivity index (χ2v) is 3.38. The lowest BCUT2D eigenvalue weighted by molar-refractivity contribution is 0.0602. The molecule has 13 heavy (non-hydrogen) atoms. The van der Waals surface area contributed by atoms with Gasteiger partial charge in [-0.25, -0.2) is 0 Å². The number of ether oxygens (including phenoxy) is 1. The van der Waals surface area contributed by atoms with Crippen molar-refractivity contribution in [2.24, 2.45) is 0 Å². The Hall–Kier alpha value is -0.520. The van der Waals surface area contributed by atoms with Crippen molar-refractivity contribution >= 4 is 0 Å². The lowest BCUT2D eigenvalue weighted by Gasteiger charge is -2.18. The molecule has 0 rings (SSSR count). The molecule has 0 heterocycles. The smallest absolute Gasteiger partial charge is 0.0623 e. The molecule has 0 aromatic carbocycles. The van der Waals surface area contributed by atoms with E-state index >= 15 is 0 Å². The van der Waals surface area contributed by atoms with Crippen molar-refractivity contribution in [3.05, 3.63) is 0 Å². The van der Waals surface area contributed by atoms with Gasteiger partial charge in [0, 0.05) is 12.5 Å². The molecular weight excluding hydrogens is 162 g/mol. The molecule has 1 unspecified atom stereocenters. The van der Waals surface area contributed by atoms with Crippen LogP contribution in [-0.2, 0) is 4.74 Å². The van der Waals surface area contributed by atoms with Gasteiger partial charge in [-0.1, -0.05) is 6.92 Å². The molecule has 0 aromatic heterocycles. The second kappa shape index (κ2) is 8.10. The SMILES string of the molecule is C#CCCC(COC(C)C)NCC. The van der Waals surface area contributed by atoms with Gasteiger partial charge in [-0.15, -0.1) is 12.3 Å². The molecule has 0 saturated heterocycles. The maximum Gasteiger partial charge on any atom is 0.0623 e. The molecule has 1 N–H and O–H groups in total. The lowest BCUT2D eigenvalue weighted by atomic mass is 10.1. The van der Waals surface area contributed by atoms with Crippen molar-refractivity contribution in [3.8, 4) is 12.3 Å². The highest BCUT2D eigenvalue weighted by Gasteiger charge is 2.06. The Kier molecular flexibility index (Phi) is 7.77. The average molecular weight is 183 g/mol. The Labute approximate surface area is 82.1 Å². The molecule has 0 radical (unpaired) electrons. The van der Waals surface area contributed by atoms with Gasteiger partial charge in [-0.05, 0) is 26.8 Å². The summed E-state index contributed by atoms with van der Waals surface area (Å²) in [5.74, 6) is 2.65. The molecule has 0 aliphatic heterocycles. The summed E-state index contributed by atoms with van der Waals surface area (Å²) in [5.41, 5.74) is 0. The summed E-state index contributed by atoms with van der Waals surface area (Å²) >= 11 is 0. The topological polar surface area (TPSA) is 21.3 Å². The summed E-state index contributed by atoms with van der Waals surface area (Å²) in [4.78, 5) is 0. The van der Waals surface area contributed by atoms with E-state index in [-0.39, 0.29) is 0 Å². The molecular formula is C11H21NO. The van der Waals surface area contributed by atoms with E-state index in [0.717, 1.165) is 26.0 Å². The summed E-state index contributed by atoms with van der Waals surface area (Å²) in [6.45, 7) is 7.91. The van der Waals surface area contributed by atoms with Gasteiger partial charge in [0.05, 0.1) is 12.7 Å². The zero-order valence-electron chi connectivity index (χ0n) is 8.97. The van der Waals surface area contributed by atoms with E-state index in [1.54, 1.807) is 0 Å². The normalized spacial score (nSPS) is 12.8. The molecule has 0 aliphatic rings. The number of rotatable bonds is 7. The van der Waals surface area contributed by atoms with Gasteiger partial charge < -0.3 is 10.1 Å². The first-order valence-electron chi connectivity index (χ1n) is 4.99. The minimum Gasteiger partial charge on any atom is -0.377 e. The molecule has 76 valence electrons. The molecule has 0 saturated carbocycles. The van der Waals surface area contributed by atoms with E-state index < -0.39 is 0 Å². The van der Waals surface area contributed by atoms with E-state index in [9.17, 15) is 0 Å². The van der Waals surface area contributed by atoms with Crippen LogP contribution in [0.25, 0.3) is 0 Å². The number of nitrogens with one attached hydrogen (secondary N) is 1. The maximum atomic E-state index is 5.52. The molecule has 0 fully saturated rings. The largest absolute Gasteiger partial charge is 0.377 e. The van der Waals surface area contributed by atoms with Gasteiger partial charge in [0.25, 0.3) is 0 Å². The fourth-order valence-corrected chi connectivity index (χ4v) is 1.10. The van der Waals surface area contributed by atoms with Crippen LogP contribution < -0.4 is 5.32 Å². The first-order valence-corrected chi connectivity index (χ1v) is 4.99. The first-order chi connectivity index (χ1) is 6.20. The molecule has 2 heteroatoms. The van der Waals surface area contributed by atoms with Gasteiger partial charge in [-0.3, -0.25) is 0 Å². The zero-order chi connectivity index (χ0) is 10.1. The number of hydrogen-bond donors (Lipinski definition) is 1. The Morgan fingerprint density at radius 3 is 2.62 bits per heavy atom. The van der Waals surface area contributed by atoms with Crippen molar-refractivity contribution < 1.29 is 4.74 Å². The monoisotopic (exact) mass is 183 g/mol. The summed E-state index contributed by atoms with van der Waals surface area (Å²) in [7, 11) is 0. The summed E-state index contributed by atoms with van der Waals surface area (Å²) in [6, 6.07) is 0.406. The highest BCUT2D eigenvalue weighted by molar-refractivity contribution is 4.85. The highest BCUT2D eigenvalue weighted by Crippen LogP contribution is 1.99. The predicted octanol–water partition coefficient (Wildman–Crippen LogP) is 1.80. The first kappa shape index (κ1) is 12.5. The zero-order valence-corrected chi connectivity index (χ0v) is 8.97. The highest BCUT2D eigenvalue weighted by atomic mass is 16.5. The maximum absolute atomic E-state index is 5.52. The van der Waals surface area contributed by atoms with Crippen LogP contribution in [0.2, 0.25) is 0 Å². The molecule has 2 nitrogen and oxygen atoms in total. The Bertz CT molecular complexity index is 149. The Morgan fingerprint density at radius 1 is 1.46 bits per heavy atom. The van der Waals surface area contributed by atoms with Gasteiger partial charge >= 0.3 is 0 Å². The van der Waals surface area contributed by atoms with Crippen molar-refractivity contribution in [3.63, 3.8) is 0 Å². The molecule has 0 aromatic rings. The average Bonchev–Trinajstić information content (AvgIpc) is 2.09. The Balaban J connectivity index is 3.61. The van der Waals surface area contributed by atoms with E-state index in [4.69, 9.17) is 11.2 Å². The third kappa shape index (κ3) is 7.83. The van der Waals surface area contributed by atoms with E-state index in [1.807, 2.05) is 13.8 Å². The standard InChI is InChI=1S/C11H21NO/c1-5-7-8-11(12-6-2)9-13-10(3)4/h1,10-12H,6-9H2,2-4H3. The van der Waals surface area contributed by atoms with Crippen LogP contribution in [0, 0.1) is 12.3 Å². The van der Waals surface area contributed by atoms with Gasteiger partial charge in [0.15, 0.2) is 0 Å². The Morgan fingerprint density at radius 2 is 2.15 bits per heavy atom. The van der Waals surface area contributed by atoms with E-state index in [2.05, 4.69) is 18.2 Å². The summed E-state index contributed by atoms with van der Waals surface area (Å²) < 4.78 is 5.52. The minimum atomic E-state index is 0.298. The fourth-order valence-electron chi connectivity index (χ4n) is 1.10. The summed E-state index contributed by atoms with van der Waals surface area (Å²) in [6.07, 6.45) is 7.32. The molecule has 0 bridgehead atoms. The van der Waals surface area contributed by atoms with Gasteiger partial charge in [-0.2, -0.15) is 0 Å². The fraction of sp³-hybridized carbons (Fsp3) is 0.818. The van der Waals surface area contributed by atoms with Crippen molar-refractivity contribution in [2.45, 2.75) is 45.8 Å². The van der Waals surface area contributed by atoms with Crippen LogP contribution >= 0.6 is 0 Å². The van der Waals surface area contributed by atoms with Crippen LogP contribution in [0.4, 0.5) is 0 Å². The van der Waals surface area contributed by atoms with Crippen molar-refractivity contribution in [1.29, 1.82) is 0 Å².